The number of carbonyl (C=O) groups is 2. The second-order valence-electron chi connectivity index (χ2n) is 8.02. The van der Waals surface area contributed by atoms with Crippen molar-refractivity contribution in [2.75, 3.05) is 0 Å². The summed E-state index contributed by atoms with van der Waals surface area (Å²) in [6.45, 7) is 11.1. The molecule has 0 spiro atoms. The van der Waals surface area contributed by atoms with E-state index in [1.54, 1.807) is 13.8 Å². The Morgan fingerprint density at radius 1 is 0.759 bits per heavy atom. The molecule has 0 aromatic rings. The van der Waals surface area contributed by atoms with Crippen molar-refractivity contribution in [3.63, 3.8) is 0 Å². The first-order chi connectivity index (χ1) is 13.8. The maximum Gasteiger partial charge on any atom is 0.214 e. The van der Waals surface area contributed by atoms with E-state index in [4.69, 9.17) is 0 Å². The van der Waals surface area contributed by atoms with Crippen molar-refractivity contribution in [3.05, 3.63) is 48.6 Å². The largest absolute Gasteiger partial charge is 0.282 e. The van der Waals surface area contributed by atoms with Gasteiger partial charge in [-0.25, -0.2) is 0 Å². The highest BCUT2D eigenvalue weighted by molar-refractivity contribution is 8.14. The van der Waals surface area contributed by atoms with Crippen molar-refractivity contribution in [2.24, 2.45) is 0 Å². The molecule has 0 saturated carbocycles. The van der Waals surface area contributed by atoms with Crippen molar-refractivity contribution >= 4 is 45.5 Å². The zero-order valence-electron chi connectivity index (χ0n) is 17.7. The monoisotopic (exact) mass is 450 g/mol. The van der Waals surface area contributed by atoms with Crippen LogP contribution < -0.4 is 0 Å². The third-order valence-electron chi connectivity index (χ3n) is 5.12. The van der Waals surface area contributed by atoms with Crippen molar-refractivity contribution < 1.29 is 9.59 Å². The number of rotatable bonds is 6. The average molecular weight is 451 g/mol. The predicted molar refractivity (Wildman–Crippen MR) is 133 cm³/mol. The zero-order valence-corrected chi connectivity index (χ0v) is 20.2. The van der Waals surface area contributed by atoms with E-state index in [0.29, 0.717) is 32.1 Å². The highest BCUT2D eigenvalue weighted by Crippen LogP contribution is 2.34. The van der Waals surface area contributed by atoms with Crippen molar-refractivity contribution in [1.29, 1.82) is 0 Å². The molecule has 4 atom stereocenters. The lowest BCUT2D eigenvalue weighted by atomic mass is 10.1. The van der Waals surface area contributed by atoms with Crippen molar-refractivity contribution in [2.45, 2.75) is 86.2 Å². The van der Waals surface area contributed by atoms with Gasteiger partial charge in [0.2, 0.25) is 10.2 Å². The summed E-state index contributed by atoms with van der Waals surface area (Å²) in [5, 5.41) is 2.16. The molecule has 0 bridgehead atoms. The topological polar surface area (TPSA) is 34.1 Å². The van der Waals surface area contributed by atoms with Crippen LogP contribution in [-0.4, -0.2) is 31.2 Å². The first-order valence-electron chi connectivity index (χ1n) is 10.6. The molecule has 2 aliphatic rings. The number of carbonyl (C=O) groups excluding carboxylic acids is 2. The summed E-state index contributed by atoms with van der Waals surface area (Å²) in [5.41, 5.74) is 1.30. The Hall–Kier alpha value is -0.650. The molecule has 0 radical (unpaired) electrons. The number of allylic oxidation sites excluding steroid dienone is 2. The molecule has 2 rings (SSSR count). The fourth-order valence-corrected chi connectivity index (χ4v) is 6.90. The smallest absolute Gasteiger partial charge is 0.214 e. The Labute approximate surface area is 189 Å². The minimum Gasteiger partial charge on any atom is -0.282 e. The van der Waals surface area contributed by atoms with Gasteiger partial charge in [-0.2, -0.15) is 0 Å². The molecule has 4 unspecified atom stereocenters. The van der Waals surface area contributed by atoms with Crippen LogP contribution in [0.5, 0.6) is 0 Å². The van der Waals surface area contributed by atoms with Crippen LogP contribution in [0.3, 0.4) is 0 Å². The summed E-state index contributed by atoms with van der Waals surface area (Å²) in [6.07, 6.45) is 18.1. The molecule has 0 saturated heterocycles. The van der Waals surface area contributed by atoms with E-state index in [-0.39, 0.29) is 10.2 Å². The van der Waals surface area contributed by atoms with Crippen LogP contribution >= 0.6 is 35.3 Å². The molecule has 5 heteroatoms. The predicted octanol–water partition coefficient (Wildman–Crippen LogP) is 7.13. The summed E-state index contributed by atoms with van der Waals surface area (Å²) < 4.78 is 0. The van der Waals surface area contributed by atoms with Gasteiger partial charge in [0.15, 0.2) is 0 Å². The van der Waals surface area contributed by atoms with Gasteiger partial charge in [-0.1, -0.05) is 73.8 Å². The highest BCUT2D eigenvalue weighted by Gasteiger charge is 2.21. The van der Waals surface area contributed by atoms with Gasteiger partial charge in [0.1, 0.15) is 0 Å². The van der Waals surface area contributed by atoms with Crippen LogP contribution in [0.4, 0.5) is 0 Å². The second kappa shape index (κ2) is 12.9. The maximum absolute atomic E-state index is 11.9. The lowest BCUT2D eigenvalue weighted by molar-refractivity contribution is -0.108. The average Bonchev–Trinajstić information content (AvgIpc) is 2.62. The van der Waals surface area contributed by atoms with Gasteiger partial charge in [0, 0.05) is 21.0 Å². The maximum atomic E-state index is 11.9. The molecule has 0 aromatic carbocycles. The van der Waals surface area contributed by atoms with Crippen LogP contribution in [-0.2, 0) is 9.59 Å². The lowest BCUT2D eigenvalue weighted by Crippen LogP contribution is -2.15. The van der Waals surface area contributed by atoms with Gasteiger partial charge in [-0.05, 0) is 63.5 Å². The molecule has 2 nitrogen and oxygen atoms in total. The van der Waals surface area contributed by atoms with Crippen LogP contribution in [0.2, 0.25) is 0 Å². The third kappa shape index (κ3) is 9.35. The molecule has 0 fully saturated rings. The van der Waals surface area contributed by atoms with E-state index < -0.39 is 0 Å². The summed E-state index contributed by atoms with van der Waals surface area (Å²) >= 11 is 5.00. The van der Waals surface area contributed by atoms with Gasteiger partial charge >= 0.3 is 0 Å². The van der Waals surface area contributed by atoms with E-state index in [2.05, 4.69) is 49.2 Å². The van der Waals surface area contributed by atoms with Crippen LogP contribution in [0, 0.1) is 0 Å². The number of hydrogen-bond donors (Lipinski definition) is 0. The third-order valence-corrected chi connectivity index (χ3v) is 9.26. The summed E-state index contributed by atoms with van der Waals surface area (Å²) in [5.74, 6) is 0. The first kappa shape index (κ1) is 24.6. The number of thioether (sulfide) groups is 3. The summed E-state index contributed by atoms with van der Waals surface area (Å²) in [6, 6.07) is 0. The van der Waals surface area contributed by atoms with Crippen LogP contribution in [0.1, 0.15) is 65.2 Å². The second-order valence-corrected chi connectivity index (χ2v) is 12.0. The number of hydrogen-bond acceptors (Lipinski definition) is 5. The van der Waals surface area contributed by atoms with E-state index in [1.807, 2.05) is 0 Å². The fraction of sp³-hybridized carbons (Fsp3) is 0.583. The Morgan fingerprint density at radius 2 is 1.17 bits per heavy atom. The molecule has 29 heavy (non-hydrogen) atoms. The Balaban J connectivity index is 1.81. The normalized spacial score (nSPS) is 30.1. The molecule has 0 heterocycles. The SMILES string of the molecule is C=C(C)C(=O)SC1C/C=C\C(SC2/C=C\CC(SC(=O)C(=C)C)CCC2)CCC1. The minimum atomic E-state index is 0.135. The van der Waals surface area contributed by atoms with Gasteiger partial charge in [0.05, 0.1) is 0 Å². The van der Waals surface area contributed by atoms with E-state index in [9.17, 15) is 9.59 Å². The van der Waals surface area contributed by atoms with E-state index >= 15 is 0 Å². The molecule has 0 amide bonds. The summed E-state index contributed by atoms with van der Waals surface area (Å²) in [4.78, 5) is 23.8. The van der Waals surface area contributed by atoms with Crippen LogP contribution in [0.15, 0.2) is 48.6 Å². The van der Waals surface area contributed by atoms with E-state index in [1.165, 1.54) is 49.2 Å². The van der Waals surface area contributed by atoms with Crippen LogP contribution in [0.25, 0.3) is 0 Å². The highest BCUT2D eigenvalue weighted by atomic mass is 32.2. The minimum absolute atomic E-state index is 0.135. The van der Waals surface area contributed by atoms with E-state index in [0.717, 1.165) is 25.7 Å². The standard InChI is InChI=1S/C24H34O2S3/c1-17(2)23(25)28-21-13-5-9-19(10-6-14-21)27-20-11-7-15-22(16-8-12-20)29-24(26)18(3)4/h5,7,9,11,19-22H,1,3,6,8,10,12-16H2,2,4H3/b9-5-,11-7-. The van der Waals surface area contributed by atoms with Gasteiger partial charge in [0.25, 0.3) is 0 Å². The molecular formula is C24H34O2S3. The molecule has 2 aliphatic carbocycles. The van der Waals surface area contributed by atoms with Gasteiger partial charge < -0.3 is 0 Å². The quantitative estimate of drug-likeness (QED) is 0.318. The zero-order chi connectivity index (χ0) is 21.2. The molecule has 0 N–H and O–H groups in total. The Morgan fingerprint density at radius 3 is 1.55 bits per heavy atom. The molecule has 0 aliphatic heterocycles. The summed E-state index contributed by atoms with van der Waals surface area (Å²) in [7, 11) is 0. The Kier molecular flexibility index (Phi) is 11.0. The van der Waals surface area contributed by atoms with Gasteiger partial charge in [-0.3, -0.25) is 9.59 Å². The fourth-order valence-electron chi connectivity index (χ4n) is 3.46. The van der Waals surface area contributed by atoms with Crippen molar-refractivity contribution in [1.82, 2.24) is 0 Å². The molecular weight excluding hydrogens is 416 g/mol. The Bertz CT molecular complexity index is 609. The van der Waals surface area contributed by atoms with Crippen molar-refractivity contribution in [3.8, 4) is 0 Å². The lowest BCUT2D eigenvalue weighted by Gasteiger charge is -2.24. The van der Waals surface area contributed by atoms with Gasteiger partial charge in [-0.15, -0.1) is 11.8 Å². The molecule has 160 valence electrons. The first-order valence-corrected chi connectivity index (χ1v) is 13.3. The molecule has 0 aromatic heterocycles.